The van der Waals surface area contributed by atoms with Crippen molar-refractivity contribution >= 4 is 18.3 Å². The van der Waals surface area contributed by atoms with E-state index in [9.17, 15) is 9.18 Å². The predicted molar refractivity (Wildman–Crippen MR) is 87.0 cm³/mol. The van der Waals surface area contributed by atoms with Gasteiger partial charge in [0.15, 0.2) is 0 Å². The second-order valence-corrected chi connectivity index (χ2v) is 5.52. The van der Waals surface area contributed by atoms with E-state index in [2.05, 4.69) is 5.32 Å². The normalized spacial score (nSPS) is 15.0. The highest BCUT2D eigenvalue weighted by atomic mass is 35.5. The Morgan fingerprint density at radius 1 is 1.32 bits per heavy atom. The van der Waals surface area contributed by atoms with Gasteiger partial charge in [0.05, 0.1) is 6.54 Å². The second kappa shape index (κ2) is 9.64. The maximum absolute atomic E-state index is 12.8. The van der Waals surface area contributed by atoms with Gasteiger partial charge in [0, 0.05) is 13.5 Å². The summed E-state index contributed by atoms with van der Waals surface area (Å²) in [5, 5.41) is 3.30. The van der Waals surface area contributed by atoms with Crippen molar-refractivity contribution in [3.8, 4) is 5.75 Å². The highest BCUT2D eigenvalue weighted by Gasteiger charge is 2.18. The fraction of sp³-hybridized carbons (Fsp3) is 0.562. The Balaban J connectivity index is 0.00000242. The zero-order chi connectivity index (χ0) is 15.1. The molecule has 1 aromatic rings. The van der Waals surface area contributed by atoms with Crippen molar-refractivity contribution in [2.24, 2.45) is 5.92 Å². The van der Waals surface area contributed by atoms with E-state index >= 15 is 0 Å². The molecule has 4 nitrogen and oxygen atoms in total. The van der Waals surface area contributed by atoms with Gasteiger partial charge in [0.25, 0.3) is 0 Å². The number of nitrogens with zero attached hydrogens (tertiary/aromatic N) is 1. The first-order valence-corrected chi connectivity index (χ1v) is 7.48. The zero-order valence-electron chi connectivity index (χ0n) is 12.9. The van der Waals surface area contributed by atoms with E-state index in [1.165, 1.54) is 12.1 Å². The number of hydrogen-bond donors (Lipinski definition) is 1. The molecule has 1 aromatic carbocycles. The van der Waals surface area contributed by atoms with Crippen LogP contribution in [0.5, 0.6) is 5.75 Å². The van der Waals surface area contributed by atoms with E-state index in [0.717, 1.165) is 25.9 Å². The highest BCUT2D eigenvalue weighted by molar-refractivity contribution is 5.85. The van der Waals surface area contributed by atoms with Gasteiger partial charge in [-0.15, -0.1) is 12.4 Å². The minimum atomic E-state index is -0.281. The number of hydrogen-bond acceptors (Lipinski definition) is 3. The van der Waals surface area contributed by atoms with E-state index in [1.54, 1.807) is 24.1 Å². The van der Waals surface area contributed by atoms with Crippen LogP contribution in [0.3, 0.4) is 0 Å². The molecule has 1 heterocycles. The summed E-state index contributed by atoms with van der Waals surface area (Å²) in [6.45, 7) is 2.98. The van der Waals surface area contributed by atoms with Gasteiger partial charge in [0.2, 0.25) is 5.91 Å². The summed E-state index contributed by atoms with van der Waals surface area (Å²) in [5.74, 6) is 1.01. The number of halogens is 2. The van der Waals surface area contributed by atoms with Gasteiger partial charge >= 0.3 is 0 Å². The van der Waals surface area contributed by atoms with Gasteiger partial charge in [-0.1, -0.05) is 0 Å². The van der Waals surface area contributed by atoms with Gasteiger partial charge in [-0.25, -0.2) is 4.39 Å². The Morgan fingerprint density at radius 2 is 1.95 bits per heavy atom. The van der Waals surface area contributed by atoms with Crippen LogP contribution in [0, 0.1) is 11.7 Å². The molecule has 0 bridgehead atoms. The number of rotatable bonds is 6. The largest absolute Gasteiger partial charge is 0.492 e. The van der Waals surface area contributed by atoms with Crippen molar-refractivity contribution in [1.82, 2.24) is 10.2 Å². The number of ether oxygens (including phenoxy) is 1. The van der Waals surface area contributed by atoms with Crippen LogP contribution in [0.1, 0.15) is 19.3 Å². The molecule has 6 heteroatoms. The van der Waals surface area contributed by atoms with E-state index < -0.39 is 0 Å². The number of piperidine rings is 1. The number of amides is 1. The monoisotopic (exact) mass is 330 g/mol. The van der Waals surface area contributed by atoms with Gasteiger partial charge in [-0.05, 0) is 56.1 Å². The molecule has 124 valence electrons. The molecule has 0 unspecified atom stereocenters. The number of carbonyl (C=O) groups excluding carboxylic acids is 1. The van der Waals surface area contributed by atoms with Gasteiger partial charge in [-0.2, -0.15) is 0 Å². The molecule has 2 rings (SSSR count). The molecule has 1 fully saturated rings. The molecule has 0 saturated carbocycles. The number of nitrogens with one attached hydrogen (secondary N) is 1. The fourth-order valence-electron chi connectivity index (χ4n) is 2.44. The van der Waals surface area contributed by atoms with E-state index in [0.29, 0.717) is 31.2 Å². The molecule has 0 aromatic heterocycles. The number of benzene rings is 1. The Kier molecular flexibility index (Phi) is 8.20. The molecular weight excluding hydrogens is 307 g/mol. The third-order valence-corrected chi connectivity index (χ3v) is 3.86. The first kappa shape index (κ1) is 18.7. The molecule has 1 aliphatic rings. The minimum Gasteiger partial charge on any atom is -0.492 e. The molecule has 0 spiro atoms. The Bertz CT molecular complexity index is 450. The van der Waals surface area contributed by atoms with Crippen LogP contribution >= 0.6 is 12.4 Å². The molecule has 0 atom stereocenters. The summed E-state index contributed by atoms with van der Waals surface area (Å²) in [4.78, 5) is 13.8. The van der Waals surface area contributed by atoms with Crippen molar-refractivity contribution in [2.45, 2.75) is 19.3 Å². The first-order chi connectivity index (χ1) is 10.1. The molecule has 1 N–H and O–H groups in total. The van der Waals surface area contributed by atoms with E-state index in [-0.39, 0.29) is 24.1 Å². The Hall–Kier alpha value is -1.33. The lowest BCUT2D eigenvalue weighted by Gasteiger charge is -2.25. The molecule has 1 aliphatic heterocycles. The lowest BCUT2D eigenvalue weighted by Crippen LogP contribution is -2.35. The van der Waals surface area contributed by atoms with Crippen LogP contribution < -0.4 is 10.1 Å². The molecule has 1 amide bonds. The second-order valence-electron chi connectivity index (χ2n) is 5.52. The van der Waals surface area contributed by atoms with Crippen LogP contribution in [0.2, 0.25) is 0 Å². The SMILES string of the molecule is CN(CCOc1ccc(F)cc1)C(=O)CC1CCNCC1.Cl. The third kappa shape index (κ3) is 6.20. The number of carbonyl (C=O) groups is 1. The quantitative estimate of drug-likeness (QED) is 0.871. The topological polar surface area (TPSA) is 41.6 Å². The maximum atomic E-state index is 12.8. The summed E-state index contributed by atoms with van der Waals surface area (Å²) >= 11 is 0. The maximum Gasteiger partial charge on any atom is 0.222 e. The van der Waals surface area contributed by atoms with E-state index in [1.807, 2.05) is 0 Å². The van der Waals surface area contributed by atoms with E-state index in [4.69, 9.17) is 4.74 Å². The molecular formula is C16H24ClFN2O2. The van der Waals surface area contributed by atoms with Gasteiger partial charge in [-0.3, -0.25) is 4.79 Å². The molecule has 1 saturated heterocycles. The van der Waals surface area contributed by atoms with Crippen molar-refractivity contribution < 1.29 is 13.9 Å². The van der Waals surface area contributed by atoms with Crippen LogP contribution in [0.25, 0.3) is 0 Å². The average molecular weight is 331 g/mol. The van der Waals surface area contributed by atoms with Crippen molar-refractivity contribution in [3.05, 3.63) is 30.1 Å². The number of likely N-dealkylation sites (N-methyl/N-ethyl adjacent to an activating group) is 1. The van der Waals surface area contributed by atoms with Crippen LogP contribution in [0.4, 0.5) is 4.39 Å². The lowest BCUT2D eigenvalue weighted by atomic mass is 9.94. The average Bonchev–Trinajstić information content (AvgIpc) is 2.50. The summed E-state index contributed by atoms with van der Waals surface area (Å²) in [5.41, 5.74) is 0. The summed E-state index contributed by atoms with van der Waals surface area (Å²) in [6, 6.07) is 5.90. The zero-order valence-corrected chi connectivity index (χ0v) is 13.7. The molecule has 0 radical (unpaired) electrons. The molecule has 0 aliphatic carbocycles. The van der Waals surface area contributed by atoms with Crippen LogP contribution in [-0.2, 0) is 4.79 Å². The van der Waals surface area contributed by atoms with Crippen molar-refractivity contribution in [2.75, 3.05) is 33.3 Å². The van der Waals surface area contributed by atoms with Gasteiger partial charge < -0.3 is 15.0 Å². The lowest BCUT2D eigenvalue weighted by molar-refractivity contribution is -0.131. The van der Waals surface area contributed by atoms with Crippen LogP contribution in [0.15, 0.2) is 24.3 Å². The minimum absolute atomic E-state index is 0. The first-order valence-electron chi connectivity index (χ1n) is 7.48. The highest BCUT2D eigenvalue weighted by Crippen LogP contribution is 2.17. The smallest absolute Gasteiger partial charge is 0.222 e. The van der Waals surface area contributed by atoms with Crippen LogP contribution in [-0.4, -0.2) is 44.1 Å². The Labute approximate surface area is 137 Å². The summed E-state index contributed by atoms with van der Waals surface area (Å²) in [7, 11) is 1.80. The fourth-order valence-corrected chi connectivity index (χ4v) is 2.44. The molecule has 22 heavy (non-hydrogen) atoms. The third-order valence-electron chi connectivity index (χ3n) is 3.86. The van der Waals surface area contributed by atoms with Crippen molar-refractivity contribution in [1.29, 1.82) is 0 Å². The Morgan fingerprint density at radius 3 is 2.59 bits per heavy atom. The summed E-state index contributed by atoms with van der Waals surface area (Å²) < 4.78 is 18.3. The summed E-state index contributed by atoms with van der Waals surface area (Å²) in [6.07, 6.45) is 2.77. The standard InChI is InChI=1S/C16H23FN2O2.ClH/c1-19(16(20)12-13-6-8-18-9-7-13)10-11-21-15-4-2-14(17)3-5-15;/h2-5,13,18H,6-12H2,1H3;1H. The van der Waals surface area contributed by atoms with Gasteiger partial charge in [0.1, 0.15) is 18.2 Å². The van der Waals surface area contributed by atoms with Crippen molar-refractivity contribution in [3.63, 3.8) is 0 Å². The predicted octanol–water partition coefficient (Wildman–Crippen LogP) is 2.47.